The van der Waals surface area contributed by atoms with Crippen molar-refractivity contribution in [1.82, 2.24) is 5.32 Å². The van der Waals surface area contributed by atoms with Crippen molar-refractivity contribution < 1.29 is 20.1 Å². The summed E-state index contributed by atoms with van der Waals surface area (Å²) < 4.78 is 0. The van der Waals surface area contributed by atoms with E-state index in [4.69, 9.17) is 10.2 Å². The largest absolute Gasteiger partial charge is 0.394 e. The molecule has 0 aromatic heterocycles. The second kappa shape index (κ2) is 5.69. The topological polar surface area (TPSA) is 89.8 Å². The molecule has 0 bridgehead atoms. The molecule has 0 unspecified atom stereocenters. The molecule has 13 heavy (non-hydrogen) atoms. The fourth-order valence-electron chi connectivity index (χ4n) is 0.878. The average Bonchev–Trinajstić information content (AvgIpc) is 2.11. The van der Waals surface area contributed by atoms with Crippen molar-refractivity contribution >= 4 is 5.91 Å². The second-order valence-electron chi connectivity index (χ2n) is 2.71. The lowest BCUT2D eigenvalue weighted by atomic mass is 10.1. The van der Waals surface area contributed by atoms with Gasteiger partial charge in [0, 0.05) is 6.92 Å². The molecule has 0 aromatic carbocycles. The molecule has 3 atom stereocenters. The van der Waals surface area contributed by atoms with Gasteiger partial charge in [0.05, 0.1) is 18.8 Å². The van der Waals surface area contributed by atoms with Crippen molar-refractivity contribution in [3.63, 3.8) is 0 Å². The van der Waals surface area contributed by atoms with E-state index in [1.165, 1.54) is 6.92 Å². The van der Waals surface area contributed by atoms with Gasteiger partial charge in [-0.05, 0) is 0 Å². The molecule has 0 aromatic rings. The van der Waals surface area contributed by atoms with Crippen LogP contribution in [0.15, 0.2) is 12.7 Å². The molecule has 0 spiro atoms. The highest BCUT2D eigenvalue weighted by atomic mass is 16.3. The van der Waals surface area contributed by atoms with Gasteiger partial charge in [0.1, 0.15) is 6.10 Å². The van der Waals surface area contributed by atoms with Gasteiger partial charge in [0.2, 0.25) is 5.91 Å². The minimum atomic E-state index is -1.24. The van der Waals surface area contributed by atoms with Gasteiger partial charge in [0.25, 0.3) is 0 Å². The van der Waals surface area contributed by atoms with Gasteiger partial charge in [0.15, 0.2) is 0 Å². The Hall–Kier alpha value is -0.910. The van der Waals surface area contributed by atoms with Gasteiger partial charge < -0.3 is 20.6 Å². The number of amides is 1. The second-order valence-corrected chi connectivity index (χ2v) is 2.71. The normalized spacial score (nSPS) is 17.2. The summed E-state index contributed by atoms with van der Waals surface area (Å²) in [6.45, 7) is 4.09. The Kier molecular flexibility index (Phi) is 5.29. The molecule has 5 heteroatoms. The van der Waals surface area contributed by atoms with E-state index in [2.05, 4.69) is 11.9 Å². The molecule has 4 N–H and O–H groups in total. The Morgan fingerprint density at radius 1 is 1.62 bits per heavy atom. The van der Waals surface area contributed by atoms with Gasteiger partial charge in [-0.15, -0.1) is 6.58 Å². The van der Waals surface area contributed by atoms with Crippen LogP contribution in [0.2, 0.25) is 0 Å². The zero-order valence-electron chi connectivity index (χ0n) is 7.47. The molecule has 0 saturated carbocycles. The Balaban J connectivity index is 4.21. The van der Waals surface area contributed by atoms with Crippen molar-refractivity contribution in [3.05, 3.63) is 12.7 Å². The van der Waals surface area contributed by atoms with Crippen molar-refractivity contribution in [3.8, 4) is 0 Å². The van der Waals surface area contributed by atoms with Gasteiger partial charge in [-0.2, -0.15) is 0 Å². The summed E-state index contributed by atoms with van der Waals surface area (Å²) in [6, 6.07) is -0.870. The minimum Gasteiger partial charge on any atom is -0.394 e. The van der Waals surface area contributed by atoms with E-state index < -0.39 is 24.9 Å². The minimum absolute atomic E-state index is 0.380. The number of hydrogen-bond acceptors (Lipinski definition) is 4. The summed E-state index contributed by atoms with van der Waals surface area (Å²) in [7, 11) is 0. The predicted molar refractivity (Wildman–Crippen MR) is 46.9 cm³/mol. The molecule has 0 aliphatic heterocycles. The van der Waals surface area contributed by atoms with E-state index in [1.807, 2.05) is 0 Å². The van der Waals surface area contributed by atoms with E-state index in [9.17, 15) is 9.90 Å². The van der Waals surface area contributed by atoms with E-state index in [0.29, 0.717) is 0 Å². The summed E-state index contributed by atoms with van der Waals surface area (Å²) in [5, 5.41) is 29.5. The molecule has 1 amide bonds. The molecule has 0 radical (unpaired) electrons. The summed E-state index contributed by atoms with van der Waals surface area (Å²) >= 11 is 0. The van der Waals surface area contributed by atoms with Crippen molar-refractivity contribution in [2.75, 3.05) is 6.61 Å². The first kappa shape index (κ1) is 12.1. The highest BCUT2D eigenvalue weighted by molar-refractivity contribution is 5.73. The Morgan fingerprint density at radius 3 is 2.46 bits per heavy atom. The number of hydrogen-bond donors (Lipinski definition) is 4. The van der Waals surface area contributed by atoms with Gasteiger partial charge in [-0.25, -0.2) is 0 Å². The monoisotopic (exact) mass is 189 g/mol. The summed E-state index contributed by atoms with van der Waals surface area (Å²) in [5.41, 5.74) is 0. The molecule has 76 valence electrons. The van der Waals surface area contributed by atoms with E-state index >= 15 is 0 Å². The Morgan fingerprint density at radius 2 is 2.15 bits per heavy atom. The molecule has 5 nitrogen and oxygen atoms in total. The summed E-state index contributed by atoms with van der Waals surface area (Å²) in [6.07, 6.45) is -1.27. The quantitative estimate of drug-likeness (QED) is 0.392. The summed E-state index contributed by atoms with van der Waals surface area (Å²) in [5.74, 6) is -0.380. The number of aliphatic hydroxyl groups excluding tert-OH is 3. The number of rotatable bonds is 5. The van der Waals surface area contributed by atoms with Crippen LogP contribution in [-0.4, -0.2) is 46.1 Å². The first-order valence-corrected chi connectivity index (χ1v) is 3.89. The maximum absolute atomic E-state index is 10.6. The standard InChI is InChI=1S/C8H15NO4/c1-3-7(12)8(13)6(4-10)9-5(2)11/h3,6-8,10,12-13H,1,4H2,2H3,(H,9,11)/t6-,7+,8-/m0/s1. The van der Waals surface area contributed by atoms with E-state index in [-0.39, 0.29) is 5.91 Å². The van der Waals surface area contributed by atoms with Crippen LogP contribution in [0.5, 0.6) is 0 Å². The zero-order valence-corrected chi connectivity index (χ0v) is 7.47. The molecule has 0 aliphatic carbocycles. The molecule has 0 heterocycles. The van der Waals surface area contributed by atoms with Crippen molar-refractivity contribution in [2.45, 2.75) is 25.2 Å². The third kappa shape index (κ3) is 4.02. The summed E-state index contributed by atoms with van der Waals surface area (Å²) in [4.78, 5) is 10.6. The van der Waals surface area contributed by atoms with Crippen LogP contribution in [0.1, 0.15) is 6.92 Å². The average molecular weight is 189 g/mol. The maximum Gasteiger partial charge on any atom is 0.217 e. The third-order valence-electron chi connectivity index (χ3n) is 1.59. The van der Waals surface area contributed by atoms with Crippen molar-refractivity contribution in [2.24, 2.45) is 0 Å². The van der Waals surface area contributed by atoms with Crippen molar-refractivity contribution in [1.29, 1.82) is 0 Å². The molecule has 0 fully saturated rings. The van der Waals surface area contributed by atoms with Gasteiger partial charge >= 0.3 is 0 Å². The Bertz CT molecular complexity index is 183. The van der Waals surface area contributed by atoms with Crippen LogP contribution in [0.25, 0.3) is 0 Å². The fraction of sp³-hybridized carbons (Fsp3) is 0.625. The van der Waals surface area contributed by atoms with Gasteiger partial charge in [-0.3, -0.25) is 4.79 Å². The molecule has 0 saturated heterocycles. The predicted octanol–water partition coefficient (Wildman–Crippen LogP) is -1.61. The van der Waals surface area contributed by atoms with Crippen LogP contribution in [0.4, 0.5) is 0 Å². The number of aliphatic hydroxyl groups is 3. The lowest BCUT2D eigenvalue weighted by Crippen LogP contribution is -2.49. The number of carbonyl (C=O) groups is 1. The lowest BCUT2D eigenvalue weighted by Gasteiger charge is -2.23. The highest BCUT2D eigenvalue weighted by Crippen LogP contribution is 2.00. The molecule has 0 aliphatic rings. The first-order valence-electron chi connectivity index (χ1n) is 3.89. The molecule has 0 rings (SSSR count). The maximum atomic E-state index is 10.6. The number of carbonyl (C=O) groups excluding carboxylic acids is 1. The van der Waals surface area contributed by atoms with Crippen LogP contribution < -0.4 is 5.32 Å². The van der Waals surface area contributed by atoms with E-state index in [0.717, 1.165) is 6.08 Å². The lowest BCUT2D eigenvalue weighted by molar-refractivity contribution is -0.121. The zero-order chi connectivity index (χ0) is 10.4. The SMILES string of the molecule is C=C[C@@H](O)[C@@H](O)[C@H](CO)NC(C)=O. The Labute approximate surface area is 76.7 Å². The van der Waals surface area contributed by atoms with Crippen LogP contribution in [0, 0.1) is 0 Å². The third-order valence-corrected chi connectivity index (χ3v) is 1.59. The van der Waals surface area contributed by atoms with Crippen LogP contribution >= 0.6 is 0 Å². The van der Waals surface area contributed by atoms with Crippen LogP contribution in [-0.2, 0) is 4.79 Å². The molecular weight excluding hydrogens is 174 g/mol. The first-order chi connectivity index (χ1) is 6.02. The fourth-order valence-corrected chi connectivity index (χ4v) is 0.878. The van der Waals surface area contributed by atoms with E-state index in [1.54, 1.807) is 0 Å². The highest BCUT2D eigenvalue weighted by Gasteiger charge is 2.24. The molecular formula is C8H15NO4. The smallest absolute Gasteiger partial charge is 0.217 e. The van der Waals surface area contributed by atoms with Crippen LogP contribution in [0.3, 0.4) is 0 Å². The number of nitrogens with one attached hydrogen (secondary N) is 1. The van der Waals surface area contributed by atoms with Gasteiger partial charge in [-0.1, -0.05) is 6.08 Å².